The fraction of sp³-hybridized carbons (Fsp3) is 0.440. The second kappa shape index (κ2) is 10.9. The number of aromatic nitrogens is 1. The lowest BCUT2D eigenvalue weighted by Crippen LogP contribution is -2.51. The third kappa shape index (κ3) is 6.19. The molecule has 1 aromatic heterocycles. The molecule has 0 unspecified atom stereocenters. The average molecular weight is 567 g/mol. The van der Waals surface area contributed by atoms with E-state index >= 15 is 0 Å². The molecule has 39 heavy (non-hydrogen) atoms. The molecule has 0 bridgehead atoms. The molecular formula is C25H26ClF3N6O4. The van der Waals surface area contributed by atoms with Crippen LogP contribution in [0.3, 0.4) is 0 Å². The van der Waals surface area contributed by atoms with Crippen LogP contribution in [0.5, 0.6) is 0 Å². The molecule has 1 N–H and O–H groups in total. The van der Waals surface area contributed by atoms with Gasteiger partial charge in [-0.1, -0.05) is 22.8 Å². The molecule has 2 aromatic rings. The standard InChI is InChI=1S/C25H26ClF3N6O4/c26-19-5-2-8-30-21(19)33-11-13-34(14-12-33)22(36)20-16-24(39-32-20)6-9-35(10-7-24)38-23(37)31-18-4-1-3-17(15-18)25(27,28)29/h1-5,8,15H,6-7,9-14,16H2,(H,31,37). The van der Waals surface area contributed by atoms with Gasteiger partial charge in [0.25, 0.3) is 5.91 Å². The number of halogens is 4. The van der Waals surface area contributed by atoms with Gasteiger partial charge < -0.3 is 19.5 Å². The molecule has 0 saturated carbocycles. The van der Waals surface area contributed by atoms with Gasteiger partial charge in [-0.15, -0.1) is 5.06 Å². The Morgan fingerprint density at radius 1 is 1.05 bits per heavy atom. The molecule has 5 rings (SSSR count). The number of nitrogens with one attached hydrogen (secondary N) is 1. The predicted octanol–water partition coefficient (Wildman–Crippen LogP) is 4.18. The van der Waals surface area contributed by atoms with Gasteiger partial charge in [0.15, 0.2) is 0 Å². The quantitative estimate of drug-likeness (QED) is 0.593. The van der Waals surface area contributed by atoms with Gasteiger partial charge in [0, 0.05) is 70.4 Å². The number of piperazine rings is 1. The molecule has 2 fully saturated rings. The lowest BCUT2D eigenvalue weighted by atomic mass is 9.87. The number of rotatable bonds is 4. The van der Waals surface area contributed by atoms with E-state index in [1.807, 2.05) is 4.90 Å². The van der Waals surface area contributed by atoms with Crippen LogP contribution in [0.25, 0.3) is 0 Å². The van der Waals surface area contributed by atoms with Gasteiger partial charge in [-0.3, -0.25) is 10.1 Å². The first-order valence-corrected chi connectivity index (χ1v) is 12.8. The van der Waals surface area contributed by atoms with Gasteiger partial charge in [-0.25, -0.2) is 9.78 Å². The molecule has 2 saturated heterocycles. The summed E-state index contributed by atoms with van der Waals surface area (Å²) in [7, 11) is 0. The van der Waals surface area contributed by atoms with Gasteiger partial charge in [0.2, 0.25) is 0 Å². The van der Waals surface area contributed by atoms with Crippen LogP contribution in [0.2, 0.25) is 5.02 Å². The lowest BCUT2D eigenvalue weighted by Gasteiger charge is -2.36. The predicted molar refractivity (Wildman–Crippen MR) is 136 cm³/mol. The Labute approximate surface area is 227 Å². The number of hydroxylamine groups is 2. The number of carbonyl (C=O) groups is 2. The summed E-state index contributed by atoms with van der Waals surface area (Å²) in [5.41, 5.74) is -1.20. The van der Waals surface area contributed by atoms with Crippen LogP contribution in [0.1, 0.15) is 24.8 Å². The number of pyridine rings is 1. The van der Waals surface area contributed by atoms with Gasteiger partial charge in [0.05, 0.1) is 10.6 Å². The van der Waals surface area contributed by atoms with E-state index < -0.39 is 23.4 Å². The van der Waals surface area contributed by atoms with E-state index in [1.165, 1.54) is 17.2 Å². The molecule has 1 spiro atoms. The first kappa shape index (κ1) is 27.0. The number of carbonyl (C=O) groups excluding carboxylic acids is 2. The van der Waals surface area contributed by atoms with Crippen molar-refractivity contribution in [3.05, 3.63) is 53.2 Å². The van der Waals surface area contributed by atoms with E-state index in [0.717, 1.165) is 12.1 Å². The van der Waals surface area contributed by atoms with E-state index in [0.29, 0.717) is 75.1 Å². The summed E-state index contributed by atoms with van der Waals surface area (Å²) in [6, 6.07) is 7.85. The highest BCUT2D eigenvalue weighted by atomic mass is 35.5. The first-order valence-electron chi connectivity index (χ1n) is 12.4. The van der Waals surface area contributed by atoms with Crippen molar-refractivity contribution in [3.63, 3.8) is 0 Å². The topological polar surface area (TPSA) is 99.6 Å². The van der Waals surface area contributed by atoms with Crippen molar-refractivity contribution in [2.24, 2.45) is 5.16 Å². The summed E-state index contributed by atoms with van der Waals surface area (Å²) in [5, 5.41) is 8.39. The maximum Gasteiger partial charge on any atom is 0.430 e. The van der Waals surface area contributed by atoms with Crippen LogP contribution in [0.15, 0.2) is 47.8 Å². The molecule has 3 aliphatic rings. The minimum absolute atomic E-state index is 0.0250. The van der Waals surface area contributed by atoms with Crippen molar-refractivity contribution in [3.8, 4) is 0 Å². The third-order valence-corrected chi connectivity index (χ3v) is 7.27. The molecule has 3 aliphatic heterocycles. The third-order valence-electron chi connectivity index (χ3n) is 6.97. The second-order valence-corrected chi connectivity index (χ2v) is 10.00. The average Bonchev–Trinajstić information content (AvgIpc) is 3.33. The number of piperidine rings is 1. The minimum atomic E-state index is -4.52. The van der Waals surface area contributed by atoms with Crippen molar-refractivity contribution in [2.45, 2.75) is 31.0 Å². The molecular weight excluding hydrogens is 541 g/mol. The monoisotopic (exact) mass is 566 g/mol. The molecule has 14 heteroatoms. The summed E-state index contributed by atoms with van der Waals surface area (Å²) in [5.74, 6) is 0.530. The minimum Gasteiger partial charge on any atom is -0.388 e. The molecule has 0 atom stereocenters. The van der Waals surface area contributed by atoms with Crippen LogP contribution >= 0.6 is 11.6 Å². The molecule has 208 valence electrons. The Bertz CT molecular complexity index is 1260. The first-order chi connectivity index (χ1) is 18.6. The number of nitrogens with zero attached hydrogens (tertiary/aromatic N) is 5. The number of hydrogen-bond acceptors (Lipinski definition) is 8. The van der Waals surface area contributed by atoms with E-state index in [4.69, 9.17) is 21.3 Å². The zero-order chi connectivity index (χ0) is 27.6. The Hall–Kier alpha value is -3.58. The molecule has 10 nitrogen and oxygen atoms in total. The molecule has 2 amide bonds. The van der Waals surface area contributed by atoms with E-state index in [-0.39, 0.29) is 11.6 Å². The highest BCUT2D eigenvalue weighted by Crippen LogP contribution is 2.36. The number of anilines is 2. The highest BCUT2D eigenvalue weighted by Gasteiger charge is 2.45. The van der Waals surface area contributed by atoms with Gasteiger partial charge >= 0.3 is 12.3 Å². The van der Waals surface area contributed by atoms with Crippen LogP contribution in [0.4, 0.5) is 29.5 Å². The summed E-state index contributed by atoms with van der Waals surface area (Å²) in [6.45, 7) is 2.82. The molecule has 0 aliphatic carbocycles. The maximum absolute atomic E-state index is 13.1. The van der Waals surface area contributed by atoms with E-state index in [1.54, 1.807) is 23.2 Å². The van der Waals surface area contributed by atoms with Gasteiger partial charge in [-0.05, 0) is 30.3 Å². The summed E-state index contributed by atoms with van der Waals surface area (Å²) in [6.07, 6.45) is -2.47. The van der Waals surface area contributed by atoms with Crippen LogP contribution in [-0.2, 0) is 20.6 Å². The van der Waals surface area contributed by atoms with Crippen LogP contribution < -0.4 is 10.2 Å². The van der Waals surface area contributed by atoms with Crippen molar-refractivity contribution < 1.29 is 32.4 Å². The molecule has 1 aromatic carbocycles. The maximum atomic E-state index is 13.1. The SMILES string of the molecule is O=C(Nc1cccc(C(F)(F)F)c1)ON1CCC2(CC1)CC(C(=O)N1CCN(c3ncccc3Cl)CC1)=NO2. The number of amides is 2. The van der Waals surface area contributed by atoms with Crippen molar-refractivity contribution in [1.29, 1.82) is 0 Å². The Kier molecular flexibility index (Phi) is 7.54. The Morgan fingerprint density at radius 3 is 2.49 bits per heavy atom. The van der Waals surface area contributed by atoms with E-state index in [2.05, 4.69) is 15.5 Å². The lowest BCUT2D eigenvalue weighted by molar-refractivity contribution is -0.154. The number of hydrogen-bond donors (Lipinski definition) is 1. The Balaban J connectivity index is 1.07. The van der Waals surface area contributed by atoms with Gasteiger partial charge in [-0.2, -0.15) is 13.2 Å². The van der Waals surface area contributed by atoms with Crippen molar-refractivity contribution >= 4 is 40.8 Å². The number of oxime groups is 1. The highest BCUT2D eigenvalue weighted by molar-refractivity contribution is 6.39. The van der Waals surface area contributed by atoms with Crippen LogP contribution in [0, 0.1) is 0 Å². The van der Waals surface area contributed by atoms with Crippen LogP contribution in [-0.4, -0.2) is 77.5 Å². The normalized spacial score (nSPS) is 19.4. The zero-order valence-electron chi connectivity index (χ0n) is 20.8. The number of benzene rings is 1. The summed E-state index contributed by atoms with van der Waals surface area (Å²) >= 11 is 6.25. The second-order valence-electron chi connectivity index (χ2n) is 9.59. The smallest absolute Gasteiger partial charge is 0.388 e. The summed E-state index contributed by atoms with van der Waals surface area (Å²) < 4.78 is 38.7. The summed E-state index contributed by atoms with van der Waals surface area (Å²) in [4.78, 5) is 44.4. The van der Waals surface area contributed by atoms with E-state index in [9.17, 15) is 22.8 Å². The van der Waals surface area contributed by atoms with Gasteiger partial charge in [0.1, 0.15) is 17.1 Å². The largest absolute Gasteiger partial charge is 0.430 e. The zero-order valence-corrected chi connectivity index (χ0v) is 21.5. The fourth-order valence-electron chi connectivity index (χ4n) is 4.83. The molecule has 4 heterocycles. The van der Waals surface area contributed by atoms with Crippen molar-refractivity contribution in [2.75, 3.05) is 49.5 Å². The Morgan fingerprint density at radius 2 is 1.79 bits per heavy atom. The number of alkyl halides is 3. The van der Waals surface area contributed by atoms with Crippen molar-refractivity contribution in [1.82, 2.24) is 14.9 Å². The molecule has 0 radical (unpaired) electrons. The fourth-order valence-corrected chi connectivity index (χ4v) is 5.08.